The second kappa shape index (κ2) is 9.70. The molecule has 2 aromatic rings. The van der Waals surface area contributed by atoms with Crippen LogP contribution in [0, 0.1) is 6.08 Å². The van der Waals surface area contributed by atoms with E-state index >= 15 is 0 Å². The normalized spacial score (nSPS) is 13.9. The average Bonchev–Trinajstić information content (AvgIpc) is 2.92. The van der Waals surface area contributed by atoms with E-state index in [1.165, 1.54) is 11.1 Å². The summed E-state index contributed by atoms with van der Waals surface area (Å²) in [6, 6.07) is 18.4. The van der Waals surface area contributed by atoms with Gasteiger partial charge in [0, 0.05) is 0 Å². The molecule has 1 aliphatic carbocycles. The van der Waals surface area contributed by atoms with E-state index in [1.807, 2.05) is 30.3 Å². The van der Waals surface area contributed by atoms with Gasteiger partial charge in [-0.3, -0.25) is 6.08 Å². The summed E-state index contributed by atoms with van der Waals surface area (Å²) in [7, 11) is 0. The number of halogens is 2. The maximum absolute atomic E-state index is 3.26. The molecule has 0 saturated heterocycles. The zero-order valence-corrected chi connectivity index (χ0v) is 11.3. The van der Waals surface area contributed by atoms with Crippen molar-refractivity contribution in [1.29, 1.82) is 0 Å². The zero-order valence-electron chi connectivity index (χ0n) is 10.0. The van der Waals surface area contributed by atoms with E-state index in [0.717, 1.165) is 0 Å². The molecule has 18 heavy (non-hydrogen) atoms. The van der Waals surface area contributed by atoms with Crippen molar-refractivity contribution in [3.8, 4) is 0 Å². The largest absolute Gasteiger partial charge is 4.00 e. The number of fused-ring (bicyclic) bond motifs is 1. The van der Waals surface area contributed by atoms with Crippen LogP contribution in [0.3, 0.4) is 0 Å². The van der Waals surface area contributed by atoms with Crippen LogP contribution in [0.5, 0.6) is 0 Å². The average molecular weight is 284 g/mol. The van der Waals surface area contributed by atoms with E-state index in [0.29, 0.717) is 5.92 Å². The fraction of sp³-hybridized carbons (Fsp3) is 0.133. The molecule has 1 unspecified atom stereocenters. The molecule has 94 valence electrons. The summed E-state index contributed by atoms with van der Waals surface area (Å²) in [6.45, 7) is 2.17. The summed E-state index contributed by atoms with van der Waals surface area (Å²) in [5, 5.41) is 0. The number of hydrogen-bond acceptors (Lipinski definition) is 0. The molecule has 2 aromatic carbocycles. The molecule has 3 rings (SSSR count). The molecule has 0 fully saturated rings. The maximum Gasteiger partial charge on any atom is 4.00 e. The fourth-order valence-electron chi connectivity index (χ4n) is 1.66. The topological polar surface area (TPSA) is 0 Å². The van der Waals surface area contributed by atoms with E-state index in [1.54, 1.807) is 0 Å². The minimum atomic E-state index is 0. The number of rotatable bonds is 0. The van der Waals surface area contributed by atoms with Crippen molar-refractivity contribution < 1.29 is 26.8 Å². The van der Waals surface area contributed by atoms with Crippen molar-refractivity contribution in [3.63, 3.8) is 0 Å². The molecular weight excluding hydrogens is 270 g/mol. The van der Waals surface area contributed by atoms with Crippen LogP contribution in [-0.2, 0) is 17.4 Å². The molecule has 0 spiro atoms. The third kappa shape index (κ3) is 4.91. The first kappa shape index (κ1) is 19.1. The van der Waals surface area contributed by atoms with Gasteiger partial charge in [-0.05, 0) is 0 Å². The van der Waals surface area contributed by atoms with E-state index < -0.39 is 0 Å². The Bertz CT molecular complexity index is 418. The van der Waals surface area contributed by atoms with Crippen molar-refractivity contribution in [1.82, 2.24) is 0 Å². The van der Waals surface area contributed by atoms with Crippen LogP contribution in [0.25, 0.3) is 6.08 Å². The Labute approximate surface area is 118 Å². The first-order valence-corrected chi connectivity index (χ1v) is 5.23. The number of allylic oxidation sites excluding steroid dienone is 1. The van der Waals surface area contributed by atoms with E-state index in [2.05, 4.69) is 43.3 Å². The van der Waals surface area contributed by atoms with Crippen LogP contribution in [0.2, 0.25) is 0 Å². The SMILES string of the molecule is CC1[C-]=Cc2ccccc21.[Cr+4].[F-].[F-].c1cc[cH-]c1. The Balaban J connectivity index is 0. The minimum Gasteiger partial charge on any atom is -1.00 e. The zero-order chi connectivity index (χ0) is 10.5. The Morgan fingerprint density at radius 2 is 1.61 bits per heavy atom. The summed E-state index contributed by atoms with van der Waals surface area (Å²) < 4.78 is 0. The number of benzene rings is 1. The van der Waals surface area contributed by atoms with Crippen molar-refractivity contribution in [2.45, 2.75) is 12.8 Å². The molecule has 0 aliphatic heterocycles. The molecule has 0 heterocycles. The van der Waals surface area contributed by atoms with Crippen LogP contribution < -0.4 is 9.41 Å². The predicted octanol–water partition coefficient (Wildman–Crippen LogP) is -1.97. The second-order valence-corrected chi connectivity index (χ2v) is 3.62. The molecule has 0 aromatic heterocycles. The molecule has 0 saturated carbocycles. The third-order valence-electron chi connectivity index (χ3n) is 2.51. The second-order valence-electron chi connectivity index (χ2n) is 3.62. The Morgan fingerprint density at radius 1 is 1.00 bits per heavy atom. The first-order chi connectivity index (χ1) is 7.38. The maximum atomic E-state index is 3.26. The van der Waals surface area contributed by atoms with Crippen LogP contribution >= 0.6 is 0 Å². The van der Waals surface area contributed by atoms with Gasteiger partial charge in [0.25, 0.3) is 0 Å². The summed E-state index contributed by atoms with van der Waals surface area (Å²) >= 11 is 0. The molecular formula is C15H14CrF2. The van der Waals surface area contributed by atoms with Crippen LogP contribution in [0.1, 0.15) is 24.0 Å². The standard InChI is InChI=1S/C10H9.C5H5.Cr.2FH/c1-8-6-7-9-4-2-3-5-10(8)9;1-2-4-5-3-1;;;/h2-5,7-8H,1H3;1-5H;;2*1H/q2*-1;+4;;/p-2. The Morgan fingerprint density at radius 3 is 2.11 bits per heavy atom. The van der Waals surface area contributed by atoms with Gasteiger partial charge in [0.2, 0.25) is 0 Å². The minimum absolute atomic E-state index is 0. The van der Waals surface area contributed by atoms with Gasteiger partial charge in [-0.25, -0.2) is 18.2 Å². The van der Waals surface area contributed by atoms with Gasteiger partial charge >= 0.3 is 17.4 Å². The van der Waals surface area contributed by atoms with E-state index in [4.69, 9.17) is 0 Å². The monoisotopic (exact) mass is 284 g/mol. The third-order valence-corrected chi connectivity index (χ3v) is 2.51. The van der Waals surface area contributed by atoms with Gasteiger partial charge in [0.05, 0.1) is 0 Å². The van der Waals surface area contributed by atoms with Crippen molar-refractivity contribution in [2.24, 2.45) is 0 Å². The van der Waals surface area contributed by atoms with Crippen molar-refractivity contribution in [3.05, 3.63) is 71.8 Å². The predicted molar refractivity (Wildman–Crippen MR) is 64.6 cm³/mol. The molecule has 0 amide bonds. The Kier molecular flexibility index (Phi) is 10.3. The van der Waals surface area contributed by atoms with Crippen LogP contribution in [0.15, 0.2) is 54.6 Å². The number of hydrogen-bond donors (Lipinski definition) is 0. The molecule has 1 atom stereocenters. The molecule has 0 radical (unpaired) electrons. The van der Waals surface area contributed by atoms with Crippen LogP contribution in [0.4, 0.5) is 0 Å². The van der Waals surface area contributed by atoms with Gasteiger partial charge in [-0.15, -0.1) is 11.6 Å². The van der Waals surface area contributed by atoms with Gasteiger partial charge < -0.3 is 9.41 Å². The van der Waals surface area contributed by atoms with Gasteiger partial charge in [-0.2, -0.15) is 23.8 Å². The summed E-state index contributed by atoms with van der Waals surface area (Å²) in [6.07, 6.45) is 5.33. The molecule has 0 N–H and O–H groups in total. The summed E-state index contributed by atoms with van der Waals surface area (Å²) in [4.78, 5) is 0. The van der Waals surface area contributed by atoms with E-state index in [-0.39, 0.29) is 26.8 Å². The summed E-state index contributed by atoms with van der Waals surface area (Å²) in [5.74, 6) is 0.496. The molecule has 3 heteroatoms. The van der Waals surface area contributed by atoms with Gasteiger partial charge in [0.15, 0.2) is 0 Å². The van der Waals surface area contributed by atoms with E-state index in [9.17, 15) is 0 Å². The Hall–Kier alpha value is -1.30. The molecule has 0 nitrogen and oxygen atoms in total. The van der Waals surface area contributed by atoms with Gasteiger partial charge in [0.1, 0.15) is 0 Å². The quantitative estimate of drug-likeness (QED) is 0.493. The van der Waals surface area contributed by atoms with Crippen molar-refractivity contribution >= 4 is 6.08 Å². The molecule has 0 bridgehead atoms. The smallest absolute Gasteiger partial charge is 1.00 e. The van der Waals surface area contributed by atoms with Crippen molar-refractivity contribution in [2.75, 3.05) is 0 Å². The van der Waals surface area contributed by atoms with Gasteiger partial charge in [-0.1, -0.05) is 31.0 Å². The summed E-state index contributed by atoms with van der Waals surface area (Å²) in [5.41, 5.74) is 2.73. The first-order valence-electron chi connectivity index (χ1n) is 5.23. The van der Waals surface area contributed by atoms with Crippen LogP contribution in [-0.4, -0.2) is 0 Å². The molecule has 1 aliphatic rings. The fourth-order valence-corrected chi connectivity index (χ4v) is 1.66.